The summed E-state index contributed by atoms with van der Waals surface area (Å²) in [5.74, 6) is 0.349. The van der Waals surface area contributed by atoms with E-state index in [0.29, 0.717) is 11.6 Å². The highest BCUT2D eigenvalue weighted by atomic mass is 19.1. The highest BCUT2D eigenvalue weighted by Crippen LogP contribution is 2.12. The number of aromatic nitrogens is 3. The van der Waals surface area contributed by atoms with Crippen LogP contribution >= 0.6 is 0 Å². The lowest BCUT2D eigenvalue weighted by Crippen LogP contribution is -2.36. The largest absolute Gasteiger partial charge is 0.481 e. The van der Waals surface area contributed by atoms with Crippen molar-refractivity contribution in [3.8, 4) is 5.75 Å². The Hall–Kier alpha value is -2.44. The number of ether oxygens (including phenoxy) is 1. The fourth-order valence-corrected chi connectivity index (χ4v) is 1.40. The summed E-state index contributed by atoms with van der Waals surface area (Å²) in [6, 6.07) is 5.48. The second-order valence-electron chi connectivity index (χ2n) is 3.86. The minimum atomic E-state index is -0.687. The molecule has 1 atom stereocenters. The Balaban J connectivity index is 1.83. The zero-order valence-corrected chi connectivity index (χ0v) is 10.3. The number of H-pyrrole nitrogens is 1. The fraction of sp³-hybridized carbons (Fsp3) is 0.250. The van der Waals surface area contributed by atoms with E-state index in [1.807, 2.05) is 0 Å². The summed E-state index contributed by atoms with van der Waals surface area (Å²) in [6.07, 6.45) is 0.674. The molecule has 2 rings (SSSR count). The number of hydrogen-bond donors (Lipinski definition) is 2. The third kappa shape index (κ3) is 3.77. The number of hydrogen-bond acceptors (Lipinski definition) is 4. The van der Waals surface area contributed by atoms with Crippen LogP contribution in [0.3, 0.4) is 0 Å². The van der Waals surface area contributed by atoms with Gasteiger partial charge in [0.1, 0.15) is 23.7 Å². The fourth-order valence-electron chi connectivity index (χ4n) is 1.40. The van der Waals surface area contributed by atoms with E-state index >= 15 is 0 Å². The molecule has 1 amide bonds. The van der Waals surface area contributed by atoms with Crippen molar-refractivity contribution in [3.63, 3.8) is 0 Å². The van der Waals surface area contributed by atoms with E-state index in [2.05, 4.69) is 20.5 Å². The zero-order valence-electron chi connectivity index (χ0n) is 10.3. The Morgan fingerprint density at radius 3 is 2.84 bits per heavy atom. The van der Waals surface area contributed by atoms with Gasteiger partial charge < -0.3 is 10.1 Å². The first-order chi connectivity index (χ1) is 9.15. The highest BCUT2D eigenvalue weighted by molar-refractivity contribution is 5.80. The molecule has 6 nitrogen and oxygen atoms in total. The van der Waals surface area contributed by atoms with Crippen LogP contribution < -0.4 is 10.1 Å². The summed E-state index contributed by atoms with van der Waals surface area (Å²) in [7, 11) is 0. The molecule has 1 aromatic carbocycles. The van der Waals surface area contributed by atoms with Gasteiger partial charge in [-0.05, 0) is 31.2 Å². The molecule has 2 aromatic rings. The number of rotatable bonds is 5. The van der Waals surface area contributed by atoms with E-state index in [4.69, 9.17) is 4.74 Å². The predicted molar refractivity (Wildman–Crippen MR) is 64.7 cm³/mol. The molecule has 0 saturated carbocycles. The van der Waals surface area contributed by atoms with Crippen LogP contribution in [-0.4, -0.2) is 27.2 Å². The van der Waals surface area contributed by atoms with Crippen LogP contribution in [0.1, 0.15) is 12.7 Å². The highest BCUT2D eigenvalue weighted by Gasteiger charge is 2.14. The van der Waals surface area contributed by atoms with Crippen LogP contribution in [0.25, 0.3) is 0 Å². The van der Waals surface area contributed by atoms with Gasteiger partial charge in [-0.25, -0.2) is 9.37 Å². The molecule has 0 saturated heterocycles. The van der Waals surface area contributed by atoms with Gasteiger partial charge in [-0.15, -0.1) is 0 Å². The third-order valence-corrected chi connectivity index (χ3v) is 2.39. The van der Waals surface area contributed by atoms with Gasteiger partial charge in [0.15, 0.2) is 6.10 Å². The number of benzene rings is 1. The molecule has 0 radical (unpaired) electrons. The molecule has 2 N–H and O–H groups in total. The second kappa shape index (κ2) is 5.94. The number of halogens is 1. The van der Waals surface area contributed by atoms with Gasteiger partial charge >= 0.3 is 0 Å². The van der Waals surface area contributed by atoms with Crippen molar-refractivity contribution in [1.82, 2.24) is 20.5 Å². The third-order valence-electron chi connectivity index (χ3n) is 2.39. The smallest absolute Gasteiger partial charge is 0.261 e. The first kappa shape index (κ1) is 13.0. The molecule has 0 aliphatic rings. The molecule has 0 aliphatic carbocycles. The Morgan fingerprint density at radius 1 is 1.47 bits per heavy atom. The topological polar surface area (TPSA) is 79.9 Å². The Bertz CT molecular complexity index is 527. The summed E-state index contributed by atoms with van der Waals surface area (Å²) >= 11 is 0. The van der Waals surface area contributed by atoms with Crippen LogP contribution in [0.5, 0.6) is 5.75 Å². The predicted octanol–water partition coefficient (Wildman–Crippen LogP) is 1.03. The van der Waals surface area contributed by atoms with Gasteiger partial charge in [-0.1, -0.05) is 0 Å². The maximum absolute atomic E-state index is 12.7. The molecule has 0 fully saturated rings. The molecule has 0 spiro atoms. The van der Waals surface area contributed by atoms with Crippen LogP contribution in [0, 0.1) is 5.82 Å². The maximum Gasteiger partial charge on any atom is 0.261 e. The molecule has 0 aliphatic heterocycles. The van der Waals surface area contributed by atoms with Crippen molar-refractivity contribution in [3.05, 3.63) is 42.2 Å². The zero-order chi connectivity index (χ0) is 13.7. The normalized spacial score (nSPS) is 11.9. The van der Waals surface area contributed by atoms with Crippen LogP contribution in [-0.2, 0) is 11.3 Å². The lowest BCUT2D eigenvalue weighted by atomic mass is 10.3. The van der Waals surface area contributed by atoms with Crippen molar-refractivity contribution < 1.29 is 13.9 Å². The SMILES string of the molecule is CC(Oc1ccc(F)cc1)C(=O)NCc1ncn[nH]1. The van der Waals surface area contributed by atoms with Crippen molar-refractivity contribution in [2.24, 2.45) is 0 Å². The van der Waals surface area contributed by atoms with Crippen LogP contribution in [0.4, 0.5) is 4.39 Å². The number of nitrogens with zero attached hydrogens (tertiary/aromatic N) is 2. The van der Waals surface area contributed by atoms with Gasteiger partial charge in [0, 0.05) is 0 Å². The van der Waals surface area contributed by atoms with Crippen LogP contribution in [0.15, 0.2) is 30.6 Å². The summed E-state index contributed by atoms with van der Waals surface area (Å²) in [6.45, 7) is 1.86. The molecule has 1 unspecified atom stereocenters. The van der Waals surface area contributed by atoms with Crippen molar-refractivity contribution >= 4 is 5.91 Å². The summed E-state index contributed by atoms with van der Waals surface area (Å²) in [4.78, 5) is 15.6. The van der Waals surface area contributed by atoms with E-state index in [0.717, 1.165) is 0 Å². The molecule has 1 aromatic heterocycles. The quantitative estimate of drug-likeness (QED) is 0.845. The Labute approximate surface area is 109 Å². The van der Waals surface area contributed by atoms with Gasteiger partial charge in [0.25, 0.3) is 5.91 Å². The lowest BCUT2D eigenvalue weighted by Gasteiger charge is -2.14. The van der Waals surface area contributed by atoms with Gasteiger partial charge in [0.05, 0.1) is 6.54 Å². The van der Waals surface area contributed by atoms with Crippen LogP contribution in [0.2, 0.25) is 0 Å². The lowest BCUT2D eigenvalue weighted by molar-refractivity contribution is -0.127. The van der Waals surface area contributed by atoms with Crippen molar-refractivity contribution in [1.29, 1.82) is 0 Å². The Morgan fingerprint density at radius 2 is 2.21 bits per heavy atom. The molecule has 19 heavy (non-hydrogen) atoms. The first-order valence-electron chi connectivity index (χ1n) is 5.69. The minimum absolute atomic E-state index is 0.246. The van der Waals surface area contributed by atoms with E-state index in [-0.39, 0.29) is 18.3 Å². The van der Waals surface area contributed by atoms with Crippen molar-refractivity contribution in [2.45, 2.75) is 19.6 Å². The number of nitrogens with one attached hydrogen (secondary N) is 2. The molecular weight excluding hydrogens is 251 g/mol. The van der Waals surface area contributed by atoms with Gasteiger partial charge in [0.2, 0.25) is 0 Å². The Kier molecular flexibility index (Phi) is 4.07. The summed E-state index contributed by atoms with van der Waals surface area (Å²) in [5, 5.41) is 8.94. The van der Waals surface area contributed by atoms with E-state index < -0.39 is 6.10 Å². The number of amides is 1. The minimum Gasteiger partial charge on any atom is -0.481 e. The number of aromatic amines is 1. The summed E-state index contributed by atoms with van der Waals surface area (Å²) < 4.78 is 18.1. The van der Waals surface area contributed by atoms with Crippen molar-refractivity contribution in [2.75, 3.05) is 0 Å². The molecule has 100 valence electrons. The second-order valence-corrected chi connectivity index (χ2v) is 3.86. The molecule has 7 heteroatoms. The van der Waals surface area contributed by atoms with E-state index in [1.54, 1.807) is 6.92 Å². The summed E-state index contributed by atoms with van der Waals surface area (Å²) in [5.41, 5.74) is 0. The van der Waals surface area contributed by atoms with E-state index in [1.165, 1.54) is 30.6 Å². The molecular formula is C12H13FN4O2. The first-order valence-corrected chi connectivity index (χ1v) is 5.69. The standard InChI is InChI=1S/C12H13FN4O2/c1-8(19-10-4-2-9(13)3-5-10)12(18)14-6-11-15-7-16-17-11/h2-5,7-8H,6H2,1H3,(H,14,18)(H,15,16,17). The molecule has 0 bridgehead atoms. The van der Waals surface area contributed by atoms with Gasteiger partial charge in [-0.3, -0.25) is 9.89 Å². The van der Waals surface area contributed by atoms with Gasteiger partial charge in [-0.2, -0.15) is 5.10 Å². The monoisotopic (exact) mass is 264 g/mol. The number of carbonyl (C=O) groups excluding carboxylic acids is 1. The maximum atomic E-state index is 12.7. The molecule has 1 heterocycles. The van der Waals surface area contributed by atoms with E-state index in [9.17, 15) is 9.18 Å². The number of carbonyl (C=O) groups is 1. The average Bonchev–Trinajstić information content (AvgIpc) is 2.91. The average molecular weight is 264 g/mol.